The largest absolute Gasteiger partial charge is 0.494 e. The van der Waals surface area contributed by atoms with Crippen LogP contribution in [0.15, 0.2) is 36.9 Å². The first kappa shape index (κ1) is 22.5. The van der Waals surface area contributed by atoms with Crippen LogP contribution in [0.3, 0.4) is 0 Å². The summed E-state index contributed by atoms with van der Waals surface area (Å²) >= 11 is 0. The Kier molecular flexibility index (Phi) is 6.45. The van der Waals surface area contributed by atoms with Crippen molar-refractivity contribution in [2.75, 3.05) is 13.2 Å². The Hall–Kier alpha value is -3.20. The Morgan fingerprint density at radius 1 is 1.23 bits per heavy atom. The van der Waals surface area contributed by atoms with E-state index in [4.69, 9.17) is 4.74 Å². The van der Waals surface area contributed by atoms with E-state index in [1.807, 2.05) is 6.92 Å². The molecule has 166 valence electrons. The number of carboxylic acids is 2. The number of likely N-dealkylation sites (tertiary alicyclic amines) is 1. The third-order valence-electron chi connectivity index (χ3n) is 5.83. The summed E-state index contributed by atoms with van der Waals surface area (Å²) in [5.41, 5.74) is -1.51. The van der Waals surface area contributed by atoms with Crippen molar-refractivity contribution in [1.29, 1.82) is 0 Å². The second-order valence-corrected chi connectivity index (χ2v) is 7.80. The number of carboxylic acid groups (broad SMARTS) is 2. The second kappa shape index (κ2) is 8.89. The van der Waals surface area contributed by atoms with Crippen LogP contribution >= 0.6 is 0 Å². The summed E-state index contributed by atoms with van der Waals surface area (Å²) in [4.78, 5) is 51.1. The molecule has 4 unspecified atom stereocenters. The average molecular weight is 430 g/mol. The van der Waals surface area contributed by atoms with Crippen LogP contribution in [0.2, 0.25) is 0 Å². The number of hydrogen-bond donors (Lipinski definition) is 3. The van der Waals surface area contributed by atoms with E-state index >= 15 is 0 Å². The number of rotatable bonds is 10. The van der Waals surface area contributed by atoms with Gasteiger partial charge in [0.05, 0.1) is 24.9 Å². The maximum atomic E-state index is 13.2. The minimum absolute atomic E-state index is 0.0768. The van der Waals surface area contributed by atoms with Gasteiger partial charge in [-0.15, -0.1) is 6.58 Å². The summed E-state index contributed by atoms with van der Waals surface area (Å²) in [7, 11) is 0. The van der Waals surface area contributed by atoms with Crippen molar-refractivity contribution in [3.8, 4) is 5.75 Å². The van der Waals surface area contributed by atoms with Gasteiger partial charge in [0.2, 0.25) is 11.8 Å². The fourth-order valence-corrected chi connectivity index (χ4v) is 4.45. The molecule has 0 spiro atoms. The summed E-state index contributed by atoms with van der Waals surface area (Å²) in [5, 5.41) is 22.2. The number of carbonyl (C=O) groups is 4. The number of nitrogens with zero attached hydrogens (tertiary/aromatic N) is 1. The maximum absolute atomic E-state index is 13.2. The first-order valence-electron chi connectivity index (χ1n) is 10.2. The van der Waals surface area contributed by atoms with E-state index in [1.54, 1.807) is 30.3 Å². The van der Waals surface area contributed by atoms with Crippen LogP contribution in [0.1, 0.15) is 37.8 Å². The van der Waals surface area contributed by atoms with Crippen LogP contribution in [0.4, 0.5) is 0 Å². The van der Waals surface area contributed by atoms with Crippen LogP contribution < -0.4 is 10.1 Å². The number of imide groups is 1. The summed E-state index contributed by atoms with van der Waals surface area (Å²) in [6.45, 7) is 6.18. The van der Waals surface area contributed by atoms with Crippen molar-refractivity contribution in [2.45, 2.75) is 37.8 Å². The molecule has 0 aliphatic carbocycles. The smallest absolute Gasteiger partial charge is 0.325 e. The monoisotopic (exact) mass is 430 g/mol. The number of benzene rings is 1. The molecule has 9 nitrogen and oxygen atoms in total. The van der Waals surface area contributed by atoms with Gasteiger partial charge < -0.3 is 14.9 Å². The SMILES string of the molecule is C=CCCN1C(=O)C2C(c3ccc(OCCC)cc3)NC(CC(=O)O)(C(=O)O)C2C1=O. The lowest BCUT2D eigenvalue weighted by atomic mass is 9.77. The lowest BCUT2D eigenvalue weighted by Crippen LogP contribution is -2.57. The van der Waals surface area contributed by atoms with Crippen molar-refractivity contribution < 1.29 is 34.1 Å². The van der Waals surface area contributed by atoms with Crippen molar-refractivity contribution in [3.63, 3.8) is 0 Å². The van der Waals surface area contributed by atoms with Crippen molar-refractivity contribution in [3.05, 3.63) is 42.5 Å². The standard InChI is InChI=1S/C22H26N2O7/c1-3-5-10-24-19(27)16-17(20(24)28)22(21(29)30,12-15(25)26)23-18(16)13-6-8-14(9-7-13)31-11-4-2/h3,6-9,16-18,23H,1,4-5,10-12H2,2H3,(H,25,26)(H,29,30). The van der Waals surface area contributed by atoms with Gasteiger partial charge in [0.25, 0.3) is 0 Å². The molecule has 2 saturated heterocycles. The van der Waals surface area contributed by atoms with Gasteiger partial charge in [-0.3, -0.25) is 29.4 Å². The number of aliphatic carboxylic acids is 2. The highest BCUT2D eigenvalue weighted by Crippen LogP contribution is 2.50. The molecule has 2 aliphatic heterocycles. The third kappa shape index (κ3) is 3.93. The normalized spacial score (nSPS) is 27.3. The van der Waals surface area contributed by atoms with Gasteiger partial charge in [0.1, 0.15) is 11.3 Å². The summed E-state index contributed by atoms with van der Waals surface area (Å²) < 4.78 is 5.56. The zero-order valence-corrected chi connectivity index (χ0v) is 17.2. The predicted molar refractivity (Wildman–Crippen MR) is 109 cm³/mol. The Bertz CT molecular complexity index is 898. The van der Waals surface area contributed by atoms with Gasteiger partial charge in [-0.25, -0.2) is 0 Å². The molecule has 3 rings (SSSR count). The molecule has 1 aromatic rings. The van der Waals surface area contributed by atoms with Gasteiger partial charge in [0, 0.05) is 12.6 Å². The molecule has 0 saturated carbocycles. The van der Waals surface area contributed by atoms with E-state index < -0.39 is 53.6 Å². The molecule has 3 N–H and O–H groups in total. The fourth-order valence-electron chi connectivity index (χ4n) is 4.45. The van der Waals surface area contributed by atoms with Gasteiger partial charge >= 0.3 is 11.9 Å². The zero-order chi connectivity index (χ0) is 22.8. The lowest BCUT2D eigenvalue weighted by Gasteiger charge is -2.29. The van der Waals surface area contributed by atoms with Crippen LogP contribution in [0.25, 0.3) is 0 Å². The van der Waals surface area contributed by atoms with E-state index in [-0.39, 0.29) is 6.54 Å². The highest BCUT2D eigenvalue weighted by Gasteiger charge is 2.68. The molecular formula is C22H26N2O7. The highest BCUT2D eigenvalue weighted by molar-refractivity contribution is 6.10. The van der Waals surface area contributed by atoms with Crippen LogP contribution in [0.5, 0.6) is 5.75 Å². The minimum atomic E-state index is -2.09. The zero-order valence-electron chi connectivity index (χ0n) is 17.2. The number of ether oxygens (including phenoxy) is 1. The Labute approximate surface area is 179 Å². The molecule has 0 radical (unpaired) electrons. The first-order chi connectivity index (χ1) is 14.8. The maximum Gasteiger partial charge on any atom is 0.325 e. The second-order valence-electron chi connectivity index (χ2n) is 7.80. The molecule has 2 amide bonds. The number of amides is 2. The quantitative estimate of drug-likeness (QED) is 0.376. The van der Waals surface area contributed by atoms with Crippen LogP contribution in [-0.4, -0.2) is 57.6 Å². The number of hydrogen-bond acceptors (Lipinski definition) is 6. The third-order valence-corrected chi connectivity index (χ3v) is 5.83. The minimum Gasteiger partial charge on any atom is -0.494 e. The van der Waals surface area contributed by atoms with E-state index in [9.17, 15) is 29.4 Å². The lowest BCUT2D eigenvalue weighted by molar-refractivity contribution is -0.155. The molecule has 1 aromatic carbocycles. The Morgan fingerprint density at radius 3 is 2.45 bits per heavy atom. The highest BCUT2D eigenvalue weighted by atomic mass is 16.5. The molecular weight excluding hydrogens is 404 g/mol. The van der Waals surface area contributed by atoms with E-state index in [2.05, 4.69) is 11.9 Å². The van der Waals surface area contributed by atoms with Gasteiger partial charge in [0.15, 0.2) is 0 Å². The van der Waals surface area contributed by atoms with E-state index in [0.717, 1.165) is 11.3 Å². The van der Waals surface area contributed by atoms with E-state index in [0.29, 0.717) is 24.3 Å². The molecule has 9 heteroatoms. The predicted octanol–water partition coefficient (Wildman–Crippen LogP) is 1.60. The molecule has 31 heavy (non-hydrogen) atoms. The molecule has 2 heterocycles. The molecule has 2 fully saturated rings. The Morgan fingerprint density at radius 2 is 1.90 bits per heavy atom. The number of nitrogens with one attached hydrogen (secondary N) is 1. The van der Waals surface area contributed by atoms with Gasteiger partial charge in [-0.1, -0.05) is 25.1 Å². The molecule has 2 aliphatic rings. The molecule has 4 atom stereocenters. The van der Waals surface area contributed by atoms with Crippen molar-refractivity contribution >= 4 is 23.8 Å². The van der Waals surface area contributed by atoms with Crippen molar-refractivity contribution in [1.82, 2.24) is 10.2 Å². The summed E-state index contributed by atoms with van der Waals surface area (Å²) in [6, 6.07) is 5.98. The Balaban J connectivity index is 2.03. The number of fused-ring (bicyclic) bond motifs is 1. The van der Waals surface area contributed by atoms with Crippen LogP contribution in [-0.2, 0) is 19.2 Å². The topological polar surface area (TPSA) is 133 Å². The summed E-state index contributed by atoms with van der Waals surface area (Å²) in [5.74, 6) is -5.73. The van der Waals surface area contributed by atoms with Gasteiger partial charge in [-0.2, -0.15) is 0 Å². The first-order valence-corrected chi connectivity index (χ1v) is 10.2. The van der Waals surface area contributed by atoms with Gasteiger partial charge in [-0.05, 0) is 30.5 Å². The number of carbonyl (C=O) groups excluding carboxylic acids is 2. The molecule has 0 aromatic heterocycles. The summed E-state index contributed by atoms with van der Waals surface area (Å²) in [6.07, 6.45) is 1.92. The fraction of sp³-hybridized carbons (Fsp3) is 0.455. The molecule has 0 bridgehead atoms. The van der Waals surface area contributed by atoms with Crippen molar-refractivity contribution in [2.24, 2.45) is 11.8 Å². The van der Waals surface area contributed by atoms with Crippen LogP contribution in [0, 0.1) is 11.8 Å². The average Bonchev–Trinajstić information content (AvgIpc) is 3.19. The van der Waals surface area contributed by atoms with E-state index in [1.165, 1.54) is 0 Å².